The van der Waals surface area contributed by atoms with E-state index in [1.807, 2.05) is 10.9 Å². The van der Waals surface area contributed by atoms with Crippen LogP contribution in [-0.2, 0) is 9.59 Å². The van der Waals surface area contributed by atoms with Gasteiger partial charge in [-0.15, -0.1) is 0 Å². The van der Waals surface area contributed by atoms with Gasteiger partial charge in [0.15, 0.2) is 0 Å². The predicted molar refractivity (Wildman–Crippen MR) is 68.9 cm³/mol. The minimum Gasteiger partial charge on any atom is -0.463 e. The summed E-state index contributed by atoms with van der Waals surface area (Å²) in [7, 11) is 0. The summed E-state index contributed by atoms with van der Waals surface area (Å²) in [4.78, 5) is 22.6. The molecule has 0 atom stereocenters. The van der Waals surface area contributed by atoms with Gasteiger partial charge in [0.2, 0.25) is 0 Å². The number of hydrogen-bond acceptors (Lipinski definition) is 6. The zero-order valence-electron chi connectivity index (χ0n) is 10.1. The van der Waals surface area contributed by atoms with Crippen LogP contribution in [0.25, 0.3) is 0 Å². The Morgan fingerprint density at radius 2 is 1.35 bits per heavy atom. The summed E-state index contributed by atoms with van der Waals surface area (Å²) in [5, 5.41) is 7.09. The summed E-state index contributed by atoms with van der Waals surface area (Å²) in [5.74, 6) is -1.02. The summed E-state index contributed by atoms with van der Waals surface area (Å²) in [6.45, 7) is 0. The Hall–Kier alpha value is -3.16. The number of carbonyl (C=O) groups excluding carboxylic acids is 2. The molecule has 0 saturated carbocycles. The highest BCUT2D eigenvalue weighted by Crippen LogP contribution is 1.95. The molecule has 0 aliphatic carbocycles. The second-order valence-corrected chi connectivity index (χ2v) is 3.43. The SMILES string of the molecule is O=C(N/N=C/c1ccco1)C(=O)N/N=C/c1ccco1. The Balaban J connectivity index is 1.76. The van der Waals surface area contributed by atoms with Gasteiger partial charge < -0.3 is 8.83 Å². The van der Waals surface area contributed by atoms with Gasteiger partial charge in [0.05, 0.1) is 25.0 Å². The van der Waals surface area contributed by atoms with Gasteiger partial charge in [-0.25, -0.2) is 10.9 Å². The molecule has 102 valence electrons. The van der Waals surface area contributed by atoms with Crippen molar-refractivity contribution in [3.63, 3.8) is 0 Å². The Kier molecular flexibility index (Phi) is 4.44. The van der Waals surface area contributed by atoms with Gasteiger partial charge in [0.25, 0.3) is 0 Å². The van der Waals surface area contributed by atoms with Gasteiger partial charge >= 0.3 is 11.8 Å². The highest BCUT2D eigenvalue weighted by Gasteiger charge is 2.11. The molecule has 2 amide bonds. The van der Waals surface area contributed by atoms with Crippen molar-refractivity contribution in [2.24, 2.45) is 10.2 Å². The molecule has 0 saturated heterocycles. The zero-order valence-corrected chi connectivity index (χ0v) is 10.1. The van der Waals surface area contributed by atoms with E-state index in [0.29, 0.717) is 11.5 Å². The molecule has 8 nitrogen and oxygen atoms in total. The van der Waals surface area contributed by atoms with Gasteiger partial charge in [-0.1, -0.05) is 0 Å². The van der Waals surface area contributed by atoms with Crippen molar-refractivity contribution < 1.29 is 18.4 Å². The molecule has 0 aliphatic heterocycles. The van der Waals surface area contributed by atoms with Crippen LogP contribution >= 0.6 is 0 Å². The van der Waals surface area contributed by atoms with E-state index in [1.165, 1.54) is 25.0 Å². The standard InChI is InChI=1S/C12H10N4O4/c17-11(15-13-7-9-3-1-5-19-9)12(18)16-14-8-10-4-2-6-20-10/h1-8H,(H,15,17)(H,16,18)/b13-7+,14-8+. The van der Waals surface area contributed by atoms with Crippen LogP contribution in [0.1, 0.15) is 11.5 Å². The quantitative estimate of drug-likeness (QED) is 0.480. The maximum Gasteiger partial charge on any atom is 0.331 e. The molecule has 0 aromatic carbocycles. The number of hydrazone groups is 2. The Morgan fingerprint density at radius 3 is 1.70 bits per heavy atom. The van der Waals surface area contributed by atoms with Gasteiger partial charge in [0, 0.05) is 0 Å². The molecule has 2 heterocycles. The lowest BCUT2D eigenvalue weighted by Gasteiger charge is -1.96. The Morgan fingerprint density at radius 1 is 0.900 bits per heavy atom. The molecular weight excluding hydrogens is 264 g/mol. The molecule has 2 aromatic rings. The maximum absolute atomic E-state index is 11.3. The second kappa shape index (κ2) is 6.69. The number of nitrogens with zero attached hydrogens (tertiary/aromatic N) is 2. The lowest BCUT2D eigenvalue weighted by atomic mass is 10.5. The summed E-state index contributed by atoms with van der Waals surface area (Å²) < 4.78 is 9.89. The summed E-state index contributed by atoms with van der Waals surface area (Å²) in [5.41, 5.74) is 4.05. The molecule has 0 fully saturated rings. The van der Waals surface area contributed by atoms with Crippen molar-refractivity contribution in [1.29, 1.82) is 0 Å². The molecule has 0 bridgehead atoms. The van der Waals surface area contributed by atoms with Crippen LogP contribution in [0.3, 0.4) is 0 Å². The van der Waals surface area contributed by atoms with E-state index in [-0.39, 0.29) is 0 Å². The largest absolute Gasteiger partial charge is 0.463 e. The maximum atomic E-state index is 11.3. The molecule has 0 spiro atoms. The number of amides is 2. The number of rotatable bonds is 4. The fraction of sp³-hybridized carbons (Fsp3) is 0. The van der Waals surface area contributed by atoms with E-state index in [2.05, 4.69) is 10.2 Å². The highest BCUT2D eigenvalue weighted by molar-refractivity contribution is 6.35. The van der Waals surface area contributed by atoms with Crippen LogP contribution in [0.5, 0.6) is 0 Å². The topological polar surface area (TPSA) is 109 Å². The van der Waals surface area contributed by atoms with Gasteiger partial charge in [-0.2, -0.15) is 10.2 Å². The fourth-order valence-corrected chi connectivity index (χ4v) is 1.14. The lowest BCUT2D eigenvalue weighted by Crippen LogP contribution is -2.35. The molecule has 2 N–H and O–H groups in total. The zero-order chi connectivity index (χ0) is 14.2. The molecule has 2 aromatic heterocycles. The van der Waals surface area contributed by atoms with Crippen LogP contribution in [-0.4, -0.2) is 24.2 Å². The molecule has 0 radical (unpaired) electrons. The third kappa shape index (κ3) is 3.95. The van der Waals surface area contributed by atoms with Crippen LogP contribution in [0.15, 0.2) is 55.8 Å². The van der Waals surface area contributed by atoms with Crippen molar-refractivity contribution in [1.82, 2.24) is 10.9 Å². The first-order valence-corrected chi connectivity index (χ1v) is 5.49. The lowest BCUT2D eigenvalue weighted by molar-refractivity contribution is -0.139. The smallest absolute Gasteiger partial charge is 0.331 e. The van der Waals surface area contributed by atoms with Gasteiger partial charge in [0.1, 0.15) is 11.5 Å². The van der Waals surface area contributed by atoms with E-state index in [4.69, 9.17) is 8.83 Å². The van der Waals surface area contributed by atoms with Crippen LogP contribution in [0.4, 0.5) is 0 Å². The molecule has 2 rings (SSSR count). The van der Waals surface area contributed by atoms with E-state index in [1.54, 1.807) is 24.3 Å². The fourth-order valence-electron chi connectivity index (χ4n) is 1.14. The van der Waals surface area contributed by atoms with Gasteiger partial charge in [-0.3, -0.25) is 9.59 Å². The summed E-state index contributed by atoms with van der Waals surface area (Å²) in [6.07, 6.45) is 5.44. The minimum absolute atomic E-state index is 0.446. The third-order valence-corrected chi connectivity index (χ3v) is 2.01. The van der Waals surface area contributed by atoms with Crippen molar-refractivity contribution in [2.75, 3.05) is 0 Å². The summed E-state index contributed by atoms with van der Waals surface area (Å²) >= 11 is 0. The molecule has 0 aliphatic rings. The second-order valence-electron chi connectivity index (χ2n) is 3.43. The number of furan rings is 2. The average Bonchev–Trinajstić information content (AvgIpc) is 3.11. The van der Waals surface area contributed by atoms with E-state index in [0.717, 1.165) is 0 Å². The van der Waals surface area contributed by atoms with Crippen molar-refractivity contribution in [3.8, 4) is 0 Å². The highest BCUT2D eigenvalue weighted by atomic mass is 16.3. The molecule has 0 unspecified atom stereocenters. The van der Waals surface area contributed by atoms with Gasteiger partial charge in [-0.05, 0) is 24.3 Å². The van der Waals surface area contributed by atoms with Crippen molar-refractivity contribution in [3.05, 3.63) is 48.3 Å². The number of hydrogen-bond donors (Lipinski definition) is 2. The Labute approximate surface area is 113 Å². The van der Waals surface area contributed by atoms with Crippen LogP contribution in [0.2, 0.25) is 0 Å². The predicted octanol–water partition coefficient (Wildman–Crippen LogP) is 0.473. The third-order valence-electron chi connectivity index (χ3n) is 2.01. The summed E-state index contributed by atoms with van der Waals surface area (Å²) in [6, 6.07) is 6.62. The molecule has 20 heavy (non-hydrogen) atoms. The van der Waals surface area contributed by atoms with E-state index < -0.39 is 11.8 Å². The Bertz CT molecular complexity index is 558. The average molecular weight is 274 g/mol. The van der Waals surface area contributed by atoms with Crippen LogP contribution in [0, 0.1) is 0 Å². The van der Waals surface area contributed by atoms with Crippen molar-refractivity contribution in [2.45, 2.75) is 0 Å². The normalized spacial score (nSPS) is 11.0. The first kappa shape index (κ1) is 13.3. The monoisotopic (exact) mass is 274 g/mol. The minimum atomic E-state index is -0.954. The molecule has 8 heteroatoms. The number of carbonyl (C=O) groups is 2. The van der Waals surface area contributed by atoms with E-state index >= 15 is 0 Å². The first-order valence-electron chi connectivity index (χ1n) is 5.49. The molecular formula is C12H10N4O4. The first-order chi connectivity index (χ1) is 9.75. The van der Waals surface area contributed by atoms with Crippen molar-refractivity contribution >= 4 is 24.2 Å². The van der Waals surface area contributed by atoms with E-state index in [9.17, 15) is 9.59 Å². The van der Waals surface area contributed by atoms with Crippen LogP contribution < -0.4 is 10.9 Å². The number of nitrogens with one attached hydrogen (secondary N) is 2.